The Morgan fingerprint density at radius 2 is 1.65 bits per heavy atom. The van der Waals surface area contributed by atoms with Crippen LogP contribution in [-0.4, -0.2) is 88.1 Å². The van der Waals surface area contributed by atoms with Gasteiger partial charge in [-0.05, 0) is 36.4 Å². The van der Waals surface area contributed by atoms with Gasteiger partial charge in [-0.3, -0.25) is 19.6 Å². The SMILES string of the molecule is N#Cc1cc(F)c(CN2CCC3(CC2)CN(Cc2ccc(C(=O)N4CCN(c5cc(C(F)(F)F)nc6ccccc56)CC4)cn2)C(=O)O3)c(F)c1. The number of benzene rings is 2. The van der Waals surface area contributed by atoms with Crippen LogP contribution in [0, 0.1) is 23.0 Å². The van der Waals surface area contributed by atoms with Crippen molar-refractivity contribution in [2.75, 3.05) is 50.7 Å². The number of carbonyl (C=O) groups is 2. The molecule has 0 radical (unpaired) electrons. The number of para-hydroxylation sites is 1. The van der Waals surface area contributed by atoms with Gasteiger partial charge in [-0.15, -0.1) is 0 Å². The maximum atomic E-state index is 14.4. The predicted molar refractivity (Wildman–Crippen MR) is 174 cm³/mol. The van der Waals surface area contributed by atoms with Gasteiger partial charge < -0.3 is 14.5 Å². The smallest absolute Gasteiger partial charge is 0.433 e. The third kappa shape index (κ3) is 7.01. The van der Waals surface area contributed by atoms with Crippen LogP contribution in [0.15, 0.2) is 60.8 Å². The molecule has 0 atom stereocenters. The maximum Gasteiger partial charge on any atom is 0.433 e. The second-order valence-corrected chi connectivity index (χ2v) is 13.1. The summed E-state index contributed by atoms with van der Waals surface area (Å²) in [6, 6.07) is 14.8. The van der Waals surface area contributed by atoms with Crippen molar-refractivity contribution >= 4 is 28.6 Å². The van der Waals surface area contributed by atoms with Crippen LogP contribution in [0.2, 0.25) is 0 Å². The second-order valence-electron chi connectivity index (χ2n) is 13.1. The molecule has 7 rings (SSSR count). The van der Waals surface area contributed by atoms with Crippen LogP contribution in [0.4, 0.5) is 32.4 Å². The Kier molecular flexibility index (Phi) is 8.96. The highest BCUT2D eigenvalue weighted by Gasteiger charge is 2.47. The average Bonchev–Trinajstić information content (AvgIpc) is 3.42. The zero-order valence-corrected chi connectivity index (χ0v) is 27.3. The van der Waals surface area contributed by atoms with Gasteiger partial charge in [0.1, 0.15) is 22.9 Å². The van der Waals surface area contributed by atoms with Gasteiger partial charge in [-0.2, -0.15) is 18.4 Å². The Labute approximate surface area is 289 Å². The minimum atomic E-state index is -4.59. The van der Waals surface area contributed by atoms with Crippen molar-refractivity contribution in [3.8, 4) is 6.07 Å². The summed E-state index contributed by atoms with van der Waals surface area (Å²) < 4.78 is 75.4. The highest BCUT2D eigenvalue weighted by Crippen LogP contribution is 2.36. The summed E-state index contributed by atoms with van der Waals surface area (Å²) >= 11 is 0. The number of halogens is 5. The fraction of sp³-hybridized carbons (Fsp3) is 0.361. The highest BCUT2D eigenvalue weighted by atomic mass is 19.4. The van der Waals surface area contributed by atoms with Crippen molar-refractivity contribution in [2.24, 2.45) is 0 Å². The average molecular weight is 706 g/mol. The molecule has 0 unspecified atom stereocenters. The van der Waals surface area contributed by atoms with Crippen LogP contribution in [0.1, 0.15) is 45.7 Å². The van der Waals surface area contributed by atoms with Gasteiger partial charge in [-0.1, -0.05) is 18.2 Å². The van der Waals surface area contributed by atoms with Crippen molar-refractivity contribution < 1.29 is 36.3 Å². The Balaban J connectivity index is 0.928. The summed E-state index contributed by atoms with van der Waals surface area (Å²) in [6.45, 7) is 2.71. The molecule has 3 aliphatic rings. The number of amides is 2. The molecular formula is C36H32F5N7O3. The minimum absolute atomic E-state index is 0.0342. The summed E-state index contributed by atoms with van der Waals surface area (Å²) in [5, 5.41) is 9.54. The van der Waals surface area contributed by atoms with E-state index in [9.17, 15) is 31.5 Å². The van der Waals surface area contributed by atoms with Crippen LogP contribution in [0.25, 0.3) is 10.9 Å². The number of piperazine rings is 1. The van der Waals surface area contributed by atoms with Gasteiger partial charge in [0.25, 0.3) is 5.91 Å². The largest absolute Gasteiger partial charge is 0.441 e. The summed E-state index contributed by atoms with van der Waals surface area (Å²) in [7, 11) is 0. The summed E-state index contributed by atoms with van der Waals surface area (Å²) in [4.78, 5) is 41.3. The number of likely N-dealkylation sites (tertiary alicyclic amines) is 1. The number of hydrogen-bond donors (Lipinski definition) is 0. The molecule has 0 bridgehead atoms. The first-order valence-corrected chi connectivity index (χ1v) is 16.5. The van der Waals surface area contributed by atoms with Crippen LogP contribution in [-0.2, 0) is 24.0 Å². The number of aromatic nitrogens is 2. The van der Waals surface area contributed by atoms with Gasteiger partial charge in [0.15, 0.2) is 0 Å². The van der Waals surface area contributed by atoms with Crippen LogP contribution >= 0.6 is 0 Å². The molecule has 0 aliphatic carbocycles. The van der Waals surface area contributed by atoms with E-state index in [2.05, 4.69) is 9.97 Å². The fourth-order valence-electron chi connectivity index (χ4n) is 6.97. The number of nitriles is 1. The molecule has 3 fully saturated rings. The number of rotatable bonds is 6. The van der Waals surface area contributed by atoms with Gasteiger partial charge in [0, 0.05) is 81.5 Å². The Morgan fingerprint density at radius 1 is 0.941 bits per heavy atom. The number of fused-ring (bicyclic) bond motifs is 1. The van der Waals surface area contributed by atoms with Crippen molar-refractivity contribution in [1.82, 2.24) is 24.7 Å². The number of pyridine rings is 2. The molecule has 10 nitrogen and oxygen atoms in total. The van der Waals surface area contributed by atoms with Gasteiger partial charge in [0.05, 0.1) is 41.5 Å². The lowest BCUT2D eigenvalue weighted by Gasteiger charge is -2.37. The van der Waals surface area contributed by atoms with E-state index in [4.69, 9.17) is 10.00 Å². The zero-order chi connectivity index (χ0) is 35.9. The first-order valence-electron chi connectivity index (χ1n) is 16.5. The fourth-order valence-corrected chi connectivity index (χ4v) is 6.97. The molecule has 0 saturated carbocycles. The molecule has 264 valence electrons. The number of hydrogen-bond acceptors (Lipinski definition) is 8. The normalized spacial score (nSPS) is 18.0. The molecule has 0 N–H and O–H groups in total. The zero-order valence-electron chi connectivity index (χ0n) is 27.3. The summed E-state index contributed by atoms with van der Waals surface area (Å²) in [5.41, 5.74) is -0.301. The summed E-state index contributed by atoms with van der Waals surface area (Å²) in [6.07, 6.45) is -2.68. The van der Waals surface area contributed by atoms with Crippen molar-refractivity contribution in [3.05, 3.63) is 101 Å². The summed E-state index contributed by atoms with van der Waals surface area (Å²) in [5.74, 6) is -1.79. The molecule has 2 aromatic heterocycles. The van der Waals surface area contributed by atoms with Crippen molar-refractivity contribution in [2.45, 2.75) is 37.7 Å². The number of carbonyl (C=O) groups excluding carboxylic acids is 2. The molecule has 15 heteroatoms. The third-order valence-corrected chi connectivity index (χ3v) is 9.78. The third-order valence-electron chi connectivity index (χ3n) is 9.78. The molecular weight excluding hydrogens is 673 g/mol. The van der Waals surface area contributed by atoms with Crippen molar-refractivity contribution in [1.29, 1.82) is 5.26 Å². The number of ether oxygens (including phenoxy) is 1. The van der Waals surface area contributed by atoms with Crippen LogP contribution < -0.4 is 4.90 Å². The monoisotopic (exact) mass is 705 g/mol. The van der Waals surface area contributed by atoms with E-state index in [1.165, 1.54) is 6.20 Å². The topological polar surface area (TPSA) is 106 Å². The quantitative estimate of drug-likeness (QED) is 0.234. The molecule has 3 saturated heterocycles. The van der Waals surface area contributed by atoms with Crippen LogP contribution in [0.5, 0.6) is 0 Å². The van der Waals surface area contributed by atoms with E-state index in [-0.39, 0.29) is 35.6 Å². The van der Waals surface area contributed by atoms with E-state index < -0.39 is 35.2 Å². The standard InChI is InChI=1S/C36H32F5N7O3/c37-28-15-23(18-42)16-29(38)27(28)21-45-9-7-35(8-10-45)22-48(34(50)51-35)20-25-6-5-24(19-43-25)33(49)47-13-11-46(12-14-47)31-17-32(36(39,40)41)44-30-4-2-1-3-26(30)31/h1-6,15-17,19H,7-14,20-22H2. The molecule has 51 heavy (non-hydrogen) atoms. The predicted octanol–water partition coefficient (Wildman–Crippen LogP) is 5.75. The molecule has 5 heterocycles. The van der Waals surface area contributed by atoms with E-state index >= 15 is 0 Å². The molecule has 3 aliphatic heterocycles. The van der Waals surface area contributed by atoms with Gasteiger partial charge >= 0.3 is 12.3 Å². The Morgan fingerprint density at radius 3 is 2.29 bits per heavy atom. The van der Waals surface area contributed by atoms with E-state index in [0.717, 1.165) is 18.2 Å². The molecule has 1 spiro atoms. The Hall–Kier alpha value is -5.36. The van der Waals surface area contributed by atoms with Crippen LogP contribution in [0.3, 0.4) is 0 Å². The molecule has 4 aromatic rings. The number of nitrogens with zero attached hydrogens (tertiary/aromatic N) is 7. The first-order chi connectivity index (χ1) is 24.4. The highest BCUT2D eigenvalue weighted by molar-refractivity contribution is 5.95. The lowest BCUT2D eigenvalue weighted by molar-refractivity contribution is -0.140. The first kappa shape index (κ1) is 34.1. The second kappa shape index (κ2) is 13.4. The maximum absolute atomic E-state index is 14.4. The van der Waals surface area contributed by atoms with E-state index in [1.54, 1.807) is 52.3 Å². The minimum Gasteiger partial charge on any atom is -0.441 e. The number of alkyl halides is 3. The van der Waals surface area contributed by atoms with Crippen molar-refractivity contribution in [3.63, 3.8) is 0 Å². The van der Waals surface area contributed by atoms with Gasteiger partial charge in [-0.25, -0.2) is 18.6 Å². The van der Waals surface area contributed by atoms with E-state index in [0.29, 0.717) is 81.0 Å². The van der Waals surface area contributed by atoms with Gasteiger partial charge in [0.2, 0.25) is 0 Å². The number of anilines is 1. The number of piperidine rings is 1. The Bertz CT molecular complexity index is 2000. The van der Waals surface area contributed by atoms with E-state index in [1.807, 2.05) is 9.80 Å². The lowest BCUT2D eigenvalue weighted by Crippen LogP contribution is -2.49. The molecule has 2 amide bonds. The lowest BCUT2D eigenvalue weighted by atomic mass is 9.91. The molecule has 2 aromatic carbocycles.